The Morgan fingerprint density at radius 1 is 1.13 bits per heavy atom. The molecule has 31 heavy (non-hydrogen) atoms. The van der Waals surface area contributed by atoms with Gasteiger partial charge in [-0.1, -0.05) is 18.2 Å². The first-order valence-electron chi connectivity index (χ1n) is 9.98. The van der Waals surface area contributed by atoms with E-state index in [0.717, 1.165) is 17.0 Å². The van der Waals surface area contributed by atoms with Crippen molar-refractivity contribution in [1.82, 2.24) is 4.98 Å². The van der Waals surface area contributed by atoms with E-state index in [-0.39, 0.29) is 28.2 Å². The van der Waals surface area contributed by atoms with Crippen LogP contribution in [-0.2, 0) is 15.0 Å². The van der Waals surface area contributed by atoms with E-state index in [1.54, 1.807) is 18.3 Å². The van der Waals surface area contributed by atoms with Crippen molar-refractivity contribution in [3.05, 3.63) is 81.6 Å². The first-order chi connectivity index (χ1) is 14.7. The van der Waals surface area contributed by atoms with E-state index in [9.17, 15) is 19.7 Å². The van der Waals surface area contributed by atoms with Crippen molar-refractivity contribution < 1.29 is 19.1 Å². The number of aromatic amines is 1. The normalized spacial score (nSPS) is 19.6. The number of allylic oxidation sites excluding steroid dienone is 2. The summed E-state index contributed by atoms with van der Waals surface area (Å²) in [6.45, 7) is 4.15. The first-order valence-corrected chi connectivity index (χ1v) is 9.98. The Kier molecular flexibility index (Phi) is 3.89. The Morgan fingerprint density at radius 2 is 1.84 bits per heavy atom. The maximum absolute atomic E-state index is 13.0. The number of ketones is 2. The molecule has 0 atom stereocenters. The second-order valence-corrected chi connectivity index (χ2v) is 8.54. The van der Waals surface area contributed by atoms with Crippen LogP contribution in [0.15, 0.2) is 60.3 Å². The van der Waals surface area contributed by atoms with E-state index in [1.165, 1.54) is 12.1 Å². The van der Waals surface area contributed by atoms with E-state index in [0.29, 0.717) is 16.5 Å². The lowest BCUT2D eigenvalue weighted by Gasteiger charge is -2.26. The van der Waals surface area contributed by atoms with Crippen LogP contribution in [0, 0.1) is 10.1 Å². The van der Waals surface area contributed by atoms with Gasteiger partial charge >= 0.3 is 0 Å². The minimum Gasteiger partial charge on any atom is -0.361 e. The number of nitro benzene ring substituents is 1. The highest BCUT2D eigenvalue weighted by molar-refractivity contribution is 6.43. The minimum atomic E-state index is -0.931. The Hall–Kier alpha value is -3.87. The number of hydrogen-bond donors (Lipinski definition) is 1. The molecule has 1 fully saturated rings. The first kappa shape index (κ1) is 19.1. The summed E-state index contributed by atoms with van der Waals surface area (Å²) < 4.78 is 2.02. The molecule has 0 bridgehead atoms. The van der Waals surface area contributed by atoms with Crippen LogP contribution in [-0.4, -0.2) is 38.8 Å². The highest BCUT2D eigenvalue weighted by Gasteiger charge is 2.49. The van der Waals surface area contributed by atoms with Gasteiger partial charge in [0.1, 0.15) is 13.0 Å². The van der Waals surface area contributed by atoms with Crippen molar-refractivity contribution in [1.29, 1.82) is 0 Å². The number of rotatable bonds is 3. The molecule has 1 saturated carbocycles. The van der Waals surface area contributed by atoms with Crippen molar-refractivity contribution in [2.45, 2.75) is 25.2 Å². The number of fused-ring (bicyclic) bond motifs is 2. The molecular weight excluding hydrogens is 394 g/mol. The third-order valence-electron chi connectivity index (χ3n) is 6.50. The van der Waals surface area contributed by atoms with Crippen molar-refractivity contribution >= 4 is 39.6 Å². The van der Waals surface area contributed by atoms with E-state index in [1.807, 2.05) is 29.8 Å². The average molecular weight is 414 g/mol. The summed E-state index contributed by atoms with van der Waals surface area (Å²) in [6, 6.07) is 12.4. The number of carbonyl (C=O) groups is 2. The molecule has 3 aromatic rings. The summed E-state index contributed by atoms with van der Waals surface area (Å²) in [5.41, 5.74) is 3.98. The summed E-state index contributed by atoms with van der Waals surface area (Å²) in [7, 11) is 1.93. The van der Waals surface area contributed by atoms with Gasteiger partial charge in [-0.2, -0.15) is 4.58 Å². The fourth-order valence-corrected chi connectivity index (χ4v) is 4.78. The van der Waals surface area contributed by atoms with Crippen LogP contribution in [0.5, 0.6) is 0 Å². The quantitative estimate of drug-likeness (QED) is 0.175. The Balaban J connectivity index is 1.54. The van der Waals surface area contributed by atoms with Crippen molar-refractivity contribution in [2.24, 2.45) is 0 Å². The fourth-order valence-electron chi connectivity index (χ4n) is 4.78. The zero-order valence-corrected chi connectivity index (χ0v) is 17.3. The lowest BCUT2D eigenvalue weighted by Crippen LogP contribution is -2.40. The number of benzene rings is 2. The topological polar surface area (TPSA) is 96.1 Å². The summed E-state index contributed by atoms with van der Waals surface area (Å²) in [4.78, 5) is 39.7. The number of nitrogens with one attached hydrogen (secondary N) is 1. The number of hydrogen-bond acceptors (Lipinski definition) is 4. The number of nitrogens with zero attached hydrogens (tertiary/aromatic N) is 2. The molecular formula is C24H20N3O4+. The number of aromatic nitrogens is 1. The van der Waals surface area contributed by atoms with Gasteiger partial charge in [0.2, 0.25) is 5.69 Å². The van der Waals surface area contributed by atoms with Crippen molar-refractivity contribution in [3.8, 4) is 0 Å². The standard InChI is InChI=1S/C24H19N3O4/c1-24(2)17-6-4-5-7-19(17)26(3)20(24)11-15-22(28)21(23(15)29)16-12-25-18-9-8-13(27(30)31)10-14(16)18/h4-12,21H,1-3H3/p+1. The fraction of sp³-hybridized carbons (Fsp3) is 0.208. The molecule has 7 nitrogen and oxygen atoms in total. The van der Waals surface area contributed by atoms with Gasteiger partial charge in [0, 0.05) is 46.9 Å². The molecule has 7 heteroatoms. The monoisotopic (exact) mass is 414 g/mol. The lowest BCUT2D eigenvalue weighted by molar-refractivity contribution is -0.401. The number of H-pyrrole nitrogens is 1. The lowest BCUT2D eigenvalue weighted by atomic mass is 9.71. The number of non-ortho nitro benzene ring substituents is 1. The zero-order chi connectivity index (χ0) is 22.1. The van der Waals surface area contributed by atoms with E-state index in [4.69, 9.17) is 0 Å². The van der Waals surface area contributed by atoms with Crippen LogP contribution < -0.4 is 0 Å². The number of para-hydroxylation sites is 1. The predicted octanol–water partition coefficient (Wildman–Crippen LogP) is 3.94. The van der Waals surface area contributed by atoms with Crippen molar-refractivity contribution in [2.75, 3.05) is 7.05 Å². The van der Waals surface area contributed by atoms with Crippen LogP contribution in [0.3, 0.4) is 0 Å². The summed E-state index contributed by atoms with van der Waals surface area (Å²) in [5.74, 6) is -1.45. The molecule has 2 aliphatic rings. The largest absolute Gasteiger partial charge is 0.361 e. The molecule has 0 spiro atoms. The number of Topliss-reactive ketones (excluding diaryl/α,β-unsaturated/α-hetero) is 2. The van der Waals surface area contributed by atoms with Gasteiger partial charge in [0.25, 0.3) is 5.69 Å². The molecule has 2 heterocycles. The molecule has 0 amide bonds. The van der Waals surface area contributed by atoms with E-state index < -0.39 is 10.8 Å². The van der Waals surface area contributed by atoms with Gasteiger partial charge in [-0.3, -0.25) is 19.7 Å². The number of nitro groups is 1. The van der Waals surface area contributed by atoms with Crippen LogP contribution in [0.4, 0.5) is 11.4 Å². The average Bonchev–Trinajstić information content (AvgIpc) is 3.23. The molecule has 0 unspecified atom stereocenters. The Morgan fingerprint density at radius 3 is 2.52 bits per heavy atom. The second-order valence-electron chi connectivity index (χ2n) is 8.54. The van der Waals surface area contributed by atoms with Crippen molar-refractivity contribution in [3.63, 3.8) is 0 Å². The highest BCUT2D eigenvalue weighted by atomic mass is 16.6. The van der Waals surface area contributed by atoms with Crippen LogP contribution in [0.1, 0.15) is 30.9 Å². The van der Waals surface area contributed by atoms with Crippen LogP contribution in [0.2, 0.25) is 0 Å². The molecule has 154 valence electrons. The smallest absolute Gasteiger partial charge is 0.270 e. The van der Waals surface area contributed by atoms with Gasteiger partial charge in [-0.25, -0.2) is 0 Å². The second kappa shape index (κ2) is 6.31. The third-order valence-corrected chi connectivity index (χ3v) is 6.50. The van der Waals surface area contributed by atoms with Gasteiger partial charge in [-0.15, -0.1) is 0 Å². The maximum atomic E-state index is 13.0. The van der Waals surface area contributed by atoms with E-state index >= 15 is 0 Å². The molecule has 1 N–H and O–H groups in total. The zero-order valence-electron chi connectivity index (χ0n) is 17.3. The molecule has 1 aliphatic carbocycles. The summed E-state index contributed by atoms with van der Waals surface area (Å²) in [6.07, 6.45) is 3.30. The minimum absolute atomic E-state index is 0.0778. The Bertz CT molecular complexity index is 1370. The Labute approximate surface area is 177 Å². The van der Waals surface area contributed by atoms with Gasteiger partial charge < -0.3 is 4.98 Å². The number of carbonyl (C=O) groups excluding carboxylic acids is 2. The third kappa shape index (κ3) is 2.56. The molecule has 5 rings (SSSR count). The van der Waals surface area contributed by atoms with Gasteiger partial charge in [0.05, 0.1) is 15.9 Å². The molecule has 2 aromatic carbocycles. The van der Waals surface area contributed by atoms with Gasteiger partial charge in [-0.05, 0) is 25.5 Å². The summed E-state index contributed by atoms with van der Waals surface area (Å²) >= 11 is 0. The van der Waals surface area contributed by atoms with Gasteiger partial charge in [0.15, 0.2) is 17.3 Å². The SMILES string of the molecule is C[N+]1=C(C=C2C(=O)C(c3c[nH]c4ccc([N+](=O)[O-])cc34)C2=O)C(C)(C)c2ccccc21. The molecule has 0 radical (unpaired) electrons. The summed E-state index contributed by atoms with van der Waals surface area (Å²) in [5, 5.41) is 11.7. The maximum Gasteiger partial charge on any atom is 0.270 e. The van der Waals surface area contributed by atoms with Crippen LogP contribution in [0.25, 0.3) is 10.9 Å². The molecule has 1 aromatic heterocycles. The molecule has 0 saturated heterocycles. The predicted molar refractivity (Wildman–Crippen MR) is 116 cm³/mol. The van der Waals surface area contributed by atoms with Crippen LogP contribution >= 0.6 is 0 Å². The highest BCUT2D eigenvalue weighted by Crippen LogP contribution is 2.42. The molecule has 1 aliphatic heterocycles. The van der Waals surface area contributed by atoms with E-state index in [2.05, 4.69) is 24.9 Å².